The number of ether oxygens (including phenoxy) is 2. The fraction of sp³-hybridized carbons (Fsp3) is 0.571. The Labute approximate surface area is 166 Å². The molecule has 1 aliphatic heterocycles. The SMILES string of the molecule is CC(C)Cc1nc(CCOC2CCCN(C(=O)COc3ccccc3)C2)no1. The van der Waals surface area contributed by atoms with Crippen molar-refractivity contribution < 1.29 is 18.8 Å². The van der Waals surface area contributed by atoms with Crippen molar-refractivity contribution in [3.63, 3.8) is 0 Å². The van der Waals surface area contributed by atoms with Gasteiger partial charge in [0.1, 0.15) is 5.75 Å². The second-order valence-electron chi connectivity index (χ2n) is 7.53. The van der Waals surface area contributed by atoms with E-state index in [-0.39, 0.29) is 18.6 Å². The molecular weight excluding hydrogens is 358 g/mol. The smallest absolute Gasteiger partial charge is 0.260 e. The van der Waals surface area contributed by atoms with Gasteiger partial charge in [-0.15, -0.1) is 0 Å². The molecule has 7 heteroatoms. The predicted octanol–water partition coefficient (Wildman–Crippen LogP) is 2.90. The number of nitrogens with zero attached hydrogens (tertiary/aromatic N) is 3. The van der Waals surface area contributed by atoms with Crippen LogP contribution in [0.3, 0.4) is 0 Å². The van der Waals surface area contributed by atoms with Gasteiger partial charge in [0.15, 0.2) is 12.4 Å². The van der Waals surface area contributed by atoms with Gasteiger partial charge in [-0.25, -0.2) is 0 Å². The van der Waals surface area contributed by atoms with Crippen LogP contribution in [0, 0.1) is 5.92 Å². The van der Waals surface area contributed by atoms with Gasteiger partial charge in [0, 0.05) is 25.9 Å². The van der Waals surface area contributed by atoms with Gasteiger partial charge >= 0.3 is 0 Å². The maximum absolute atomic E-state index is 12.4. The third kappa shape index (κ3) is 6.34. The van der Waals surface area contributed by atoms with E-state index >= 15 is 0 Å². The third-order valence-electron chi connectivity index (χ3n) is 4.61. The molecule has 3 rings (SSSR count). The quantitative estimate of drug-likeness (QED) is 0.658. The van der Waals surface area contributed by atoms with Gasteiger partial charge in [0.2, 0.25) is 5.89 Å². The molecule has 1 aliphatic rings. The average Bonchev–Trinajstić information content (AvgIpc) is 3.13. The third-order valence-corrected chi connectivity index (χ3v) is 4.61. The fourth-order valence-electron chi connectivity index (χ4n) is 3.19. The topological polar surface area (TPSA) is 77.7 Å². The Morgan fingerprint density at radius 1 is 1.32 bits per heavy atom. The van der Waals surface area contributed by atoms with E-state index in [9.17, 15) is 4.79 Å². The number of likely N-dealkylation sites (tertiary alicyclic amines) is 1. The van der Waals surface area contributed by atoms with Gasteiger partial charge in [-0.05, 0) is 30.9 Å². The Morgan fingerprint density at radius 3 is 2.93 bits per heavy atom. The van der Waals surface area contributed by atoms with Crippen LogP contribution in [0.1, 0.15) is 38.4 Å². The number of carbonyl (C=O) groups excluding carboxylic acids is 1. The molecule has 1 saturated heterocycles. The molecule has 1 aromatic carbocycles. The highest BCUT2D eigenvalue weighted by Gasteiger charge is 2.24. The highest BCUT2D eigenvalue weighted by atomic mass is 16.5. The first kappa shape index (κ1) is 20.3. The predicted molar refractivity (Wildman–Crippen MR) is 104 cm³/mol. The van der Waals surface area contributed by atoms with Crippen molar-refractivity contribution in [3.8, 4) is 5.75 Å². The average molecular weight is 387 g/mol. The van der Waals surface area contributed by atoms with Crippen molar-refractivity contribution in [2.75, 3.05) is 26.3 Å². The van der Waals surface area contributed by atoms with Crippen LogP contribution in [0.25, 0.3) is 0 Å². The summed E-state index contributed by atoms with van der Waals surface area (Å²) in [6.45, 7) is 6.16. The van der Waals surface area contributed by atoms with Crippen molar-refractivity contribution in [1.82, 2.24) is 15.0 Å². The molecule has 152 valence electrons. The Morgan fingerprint density at radius 2 is 2.14 bits per heavy atom. The summed E-state index contributed by atoms with van der Waals surface area (Å²) in [7, 11) is 0. The zero-order valence-corrected chi connectivity index (χ0v) is 16.7. The lowest BCUT2D eigenvalue weighted by atomic mass is 10.1. The summed E-state index contributed by atoms with van der Waals surface area (Å²) >= 11 is 0. The highest BCUT2D eigenvalue weighted by molar-refractivity contribution is 5.77. The summed E-state index contributed by atoms with van der Waals surface area (Å²) in [5.74, 6) is 2.54. The van der Waals surface area contributed by atoms with Crippen LogP contribution in [0.15, 0.2) is 34.9 Å². The summed E-state index contributed by atoms with van der Waals surface area (Å²) in [5.41, 5.74) is 0. The summed E-state index contributed by atoms with van der Waals surface area (Å²) in [4.78, 5) is 18.6. The number of carbonyl (C=O) groups is 1. The largest absolute Gasteiger partial charge is 0.484 e. The van der Waals surface area contributed by atoms with E-state index in [0.29, 0.717) is 43.0 Å². The lowest BCUT2D eigenvalue weighted by molar-refractivity contribution is -0.137. The zero-order chi connectivity index (χ0) is 19.8. The second-order valence-corrected chi connectivity index (χ2v) is 7.53. The highest BCUT2D eigenvalue weighted by Crippen LogP contribution is 2.15. The molecule has 2 heterocycles. The number of hydrogen-bond donors (Lipinski definition) is 0. The summed E-state index contributed by atoms with van der Waals surface area (Å²) < 4.78 is 16.8. The van der Waals surface area contributed by atoms with Crippen LogP contribution < -0.4 is 4.74 Å². The van der Waals surface area contributed by atoms with Gasteiger partial charge in [-0.2, -0.15) is 4.98 Å². The maximum atomic E-state index is 12.4. The van der Waals surface area contributed by atoms with E-state index < -0.39 is 0 Å². The normalized spacial score (nSPS) is 17.1. The lowest BCUT2D eigenvalue weighted by Gasteiger charge is -2.32. The molecule has 1 unspecified atom stereocenters. The Kier molecular flexibility index (Phi) is 7.42. The molecule has 1 aromatic heterocycles. The molecule has 28 heavy (non-hydrogen) atoms. The lowest BCUT2D eigenvalue weighted by Crippen LogP contribution is -2.45. The fourth-order valence-corrected chi connectivity index (χ4v) is 3.19. The van der Waals surface area contributed by atoms with E-state index in [0.717, 1.165) is 25.8 Å². The van der Waals surface area contributed by atoms with Crippen LogP contribution in [0.2, 0.25) is 0 Å². The number of amides is 1. The monoisotopic (exact) mass is 387 g/mol. The minimum absolute atomic E-state index is 0.00588. The van der Waals surface area contributed by atoms with Gasteiger partial charge in [0.05, 0.1) is 12.7 Å². The van der Waals surface area contributed by atoms with Crippen LogP contribution in [0.5, 0.6) is 5.75 Å². The van der Waals surface area contributed by atoms with Crippen molar-refractivity contribution in [2.45, 2.75) is 45.6 Å². The molecule has 0 radical (unpaired) electrons. The van der Waals surface area contributed by atoms with E-state index in [1.807, 2.05) is 35.2 Å². The maximum Gasteiger partial charge on any atom is 0.260 e. The molecule has 0 saturated carbocycles. The molecule has 0 spiro atoms. The van der Waals surface area contributed by atoms with E-state index in [1.165, 1.54) is 0 Å². The molecule has 1 fully saturated rings. The van der Waals surface area contributed by atoms with E-state index in [4.69, 9.17) is 14.0 Å². The van der Waals surface area contributed by atoms with E-state index in [1.54, 1.807) is 0 Å². The molecule has 0 N–H and O–H groups in total. The first-order valence-electron chi connectivity index (χ1n) is 9.99. The van der Waals surface area contributed by atoms with Crippen molar-refractivity contribution in [2.24, 2.45) is 5.92 Å². The molecule has 7 nitrogen and oxygen atoms in total. The summed E-state index contributed by atoms with van der Waals surface area (Å²) in [5, 5.41) is 4.00. The minimum atomic E-state index is -0.00588. The van der Waals surface area contributed by atoms with Crippen LogP contribution in [0.4, 0.5) is 0 Å². The first-order valence-corrected chi connectivity index (χ1v) is 9.99. The molecule has 2 aromatic rings. The minimum Gasteiger partial charge on any atom is -0.484 e. The Bertz CT molecular complexity index is 732. The van der Waals surface area contributed by atoms with Crippen LogP contribution in [-0.4, -0.2) is 53.4 Å². The Hall–Kier alpha value is -2.41. The van der Waals surface area contributed by atoms with Gasteiger partial charge in [0.25, 0.3) is 5.91 Å². The number of rotatable bonds is 9. The molecule has 1 atom stereocenters. The Balaban J connectivity index is 1.38. The van der Waals surface area contributed by atoms with Crippen LogP contribution >= 0.6 is 0 Å². The van der Waals surface area contributed by atoms with Crippen LogP contribution in [-0.2, 0) is 22.4 Å². The molecular formula is C21H29N3O4. The van der Waals surface area contributed by atoms with Gasteiger partial charge in [-0.1, -0.05) is 37.2 Å². The van der Waals surface area contributed by atoms with Crippen molar-refractivity contribution in [1.29, 1.82) is 0 Å². The standard InChI is InChI=1S/C21H29N3O4/c1-16(2)13-20-22-19(23-28-20)10-12-26-18-9-6-11-24(14-18)21(25)15-27-17-7-4-3-5-8-17/h3-5,7-8,16,18H,6,9-15H2,1-2H3. The number of benzene rings is 1. The van der Waals surface area contributed by atoms with Gasteiger partial charge < -0.3 is 18.9 Å². The zero-order valence-electron chi connectivity index (χ0n) is 16.7. The summed E-state index contributed by atoms with van der Waals surface area (Å²) in [6, 6.07) is 9.39. The van der Waals surface area contributed by atoms with E-state index in [2.05, 4.69) is 24.0 Å². The molecule has 0 aliphatic carbocycles. The van der Waals surface area contributed by atoms with Gasteiger partial charge in [-0.3, -0.25) is 4.79 Å². The number of aromatic nitrogens is 2. The van der Waals surface area contributed by atoms with Crippen molar-refractivity contribution >= 4 is 5.91 Å². The van der Waals surface area contributed by atoms with Crippen molar-refractivity contribution in [3.05, 3.63) is 42.0 Å². The number of para-hydroxylation sites is 1. The second kappa shape index (κ2) is 10.2. The number of hydrogen-bond acceptors (Lipinski definition) is 6. The molecule has 1 amide bonds. The number of piperidine rings is 1. The first-order chi connectivity index (χ1) is 13.6. The summed E-state index contributed by atoms with van der Waals surface area (Å²) in [6.07, 6.45) is 3.33. The molecule has 0 bridgehead atoms.